The molecule has 0 unspecified atom stereocenters. The summed E-state index contributed by atoms with van der Waals surface area (Å²) in [7, 11) is 1.43. The van der Waals surface area contributed by atoms with Crippen LogP contribution in [0.3, 0.4) is 0 Å². The van der Waals surface area contributed by atoms with Crippen LogP contribution in [0, 0.1) is 23.4 Å². The second kappa shape index (κ2) is 11.7. The average Bonchev–Trinajstić information content (AvgIpc) is 3.62. The van der Waals surface area contributed by atoms with Crippen LogP contribution >= 0.6 is 0 Å². The van der Waals surface area contributed by atoms with E-state index in [1.807, 2.05) is 0 Å². The van der Waals surface area contributed by atoms with Gasteiger partial charge in [-0.3, -0.25) is 0 Å². The number of ether oxygens (including phenoxy) is 2. The van der Waals surface area contributed by atoms with Gasteiger partial charge in [0.05, 0.1) is 24.6 Å². The third-order valence-corrected chi connectivity index (χ3v) is 7.82. The van der Waals surface area contributed by atoms with Gasteiger partial charge < -0.3 is 34.5 Å². The molecule has 2 saturated heterocycles. The first-order valence-electron chi connectivity index (χ1n) is 12.9. The molecule has 3 aliphatic rings. The minimum absolute atomic E-state index is 0.0366. The molecule has 0 spiro atoms. The van der Waals surface area contributed by atoms with E-state index >= 15 is 0 Å². The van der Waals surface area contributed by atoms with Crippen LogP contribution in [-0.4, -0.2) is 104 Å². The number of aliphatic hydroxyl groups excluding tert-OH is 2. The number of methoxy groups -OCH3 is 1. The van der Waals surface area contributed by atoms with Gasteiger partial charge >= 0.3 is 6.09 Å². The van der Waals surface area contributed by atoms with Crippen LogP contribution in [0.15, 0.2) is 23.5 Å². The Morgan fingerprint density at radius 1 is 1.18 bits per heavy atom. The molecule has 2 fully saturated rings. The molecule has 218 valence electrons. The summed E-state index contributed by atoms with van der Waals surface area (Å²) < 4.78 is 54.0. The van der Waals surface area contributed by atoms with Crippen LogP contribution in [0.25, 0.3) is 11.3 Å². The number of aliphatic hydroxyl groups is 2. The van der Waals surface area contributed by atoms with Gasteiger partial charge in [-0.15, -0.1) is 5.10 Å². The number of hydrogen-bond acceptors (Lipinski definition) is 9. The summed E-state index contributed by atoms with van der Waals surface area (Å²) in [6.45, 7) is 0.349. The SMILES string of the molecule is CO[C@@H]1[C@@H](n2cc(-c3cc(F)c(F)c(F)c3)nn2)[C@@H](O)[C@@H](CO)O[C@@H]1C[C@@H]1CC(C2CCN(C(=O)O)CC2)=NO1. The van der Waals surface area contributed by atoms with Crippen molar-refractivity contribution in [2.45, 2.75) is 62.2 Å². The van der Waals surface area contributed by atoms with Gasteiger partial charge in [0.1, 0.15) is 36.2 Å². The number of amides is 1. The van der Waals surface area contributed by atoms with E-state index in [1.54, 1.807) is 0 Å². The van der Waals surface area contributed by atoms with E-state index in [0.717, 1.165) is 17.8 Å². The predicted molar refractivity (Wildman–Crippen MR) is 131 cm³/mol. The maximum Gasteiger partial charge on any atom is 0.407 e. The second-order valence-electron chi connectivity index (χ2n) is 10.2. The van der Waals surface area contributed by atoms with Crippen molar-refractivity contribution in [2.24, 2.45) is 11.1 Å². The summed E-state index contributed by atoms with van der Waals surface area (Å²) in [5.74, 6) is -4.25. The average molecular weight is 570 g/mol. The third-order valence-electron chi connectivity index (χ3n) is 7.82. The molecular formula is C25H30F3N5O7. The maximum atomic E-state index is 13.8. The number of carboxylic acid groups (broad SMARTS) is 1. The molecule has 5 rings (SSSR count). The first-order valence-corrected chi connectivity index (χ1v) is 12.9. The number of piperidine rings is 1. The highest BCUT2D eigenvalue weighted by atomic mass is 19.2. The molecule has 0 radical (unpaired) electrons. The lowest BCUT2D eigenvalue weighted by Gasteiger charge is -2.44. The molecule has 15 heteroatoms. The van der Waals surface area contributed by atoms with E-state index in [0.29, 0.717) is 38.8 Å². The van der Waals surface area contributed by atoms with Crippen molar-refractivity contribution >= 4 is 11.8 Å². The summed E-state index contributed by atoms with van der Waals surface area (Å²) in [5, 5.41) is 42.3. The smallest absolute Gasteiger partial charge is 0.407 e. The van der Waals surface area contributed by atoms with Gasteiger partial charge in [-0.25, -0.2) is 22.6 Å². The van der Waals surface area contributed by atoms with Crippen LogP contribution in [0.4, 0.5) is 18.0 Å². The molecule has 0 saturated carbocycles. The number of rotatable bonds is 7. The van der Waals surface area contributed by atoms with Crippen molar-refractivity contribution in [3.8, 4) is 11.3 Å². The fraction of sp³-hybridized carbons (Fsp3) is 0.600. The zero-order valence-electron chi connectivity index (χ0n) is 21.6. The van der Waals surface area contributed by atoms with Crippen LogP contribution in [0.2, 0.25) is 0 Å². The Morgan fingerprint density at radius 2 is 1.88 bits per heavy atom. The van der Waals surface area contributed by atoms with E-state index in [-0.39, 0.29) is 23.3 Å². The molecule has 1 aromatic carbocycles. The first-order chi connectivity index (χ1) is 19.2. The van der Waals surface area contributed by atoms with Gasteiger partial charge in [0.25, 0.3) is 0 Å². The molecule has 0 aliphatic carbocycles. The van der Waals surface area contributed by atoms with Crippen molar-refractivity contribution in [2.75, 3.05) is 26.8 Å². The standard InChI is InChI=1S/C25H30F3N5O7/c1-38-24-19(9-14-8-17(30-40-14)12-2-4-32(5-3-12)25(36)37)39-20(11-34)23(35)22(24)33-10-18(29-31-33)13-6-15(26)21(28)16(27)7-13/h6-7,10,12,14,19-20,22-24,34-35H,2-5,8-9,11H2,1H3,(H,36,37)/t14-,19+,20+,22-,23-,24-/m0/s1. The first kappa shape index (κ1) is 28.3. The van der Waals surface area contributed by atoms with E-state index in [4.69, 9.17) is 14.3 Å². The molecule has 1 amide bonds. The number of hydrogen-bond donors (Lipinski definition) is 3. The van der Waals surface area contributed by atoms with E-state index in [2.05, 4.69) is 15.5 Å². The van der Waals surface area contributed by atoms with Crippen molar-refractivity contribution in [3.05, 3.63) is 35.8 Å². The highest BCUT2D eigenvalue weighted by Crippen LogP contribution is 2.36. The van der Waals surface area contributed by atoms with Gasteiger partial charge in [0.2, 0.25) is 0 Å². The summed E-state index contributed by atoms with van der Waals surface area (Å²) in [5.41, 5.74) is 0.844. The number of nitrogens with zero attached hydrogens (tertiary/aromatic N) is 5. The normalized spacial score (nSPS) is 29.4. The number of halogens is 3. The van der Waals surface area contributed by atoms with Crippen molar-refractivity contribution in [1.29, 1.82) is 0 Å². The minimum atomic E-state index is -1.60. The Bertz CT molecular complexity index is 1230. The zero-order chi connectivity index (χ0) is 28.6. The van der Waals surface area contributed by atoms with Crippen molar-refractivity contribution < 1.29 is 47.6 Å². The second-order valence-corrected chi connectivity index (χ2v) is 10.2. The van der Waals surface area contributed by atoms with E-state index < -0.39 is 60.6 Å². The zero-order valence-corrected chi connectivity index (χ0v) is 21.6. The fourth-order valence-electron chi connectivity index (χ4n) is 5.69. The minimum Gasteiger partial charge on any atom is -0.465 e. The highest BCUT2D eigenvalue weighted by Gasteiger charge is 2.48. The lowest BCUT2D eigenvalue weighted by atomic mass is 9.86. The highest BCUT2D eigenvalue weighted by molar-refractivity contribution is 5.88. The third kappa shape index (κ3) is 5.50. The Hall–Kier alpha value is -3.27. The topological polar surface area (TPSA) is 152 Å². The summed E-state index contributed by atoms with van der Waals surface area (Å²) >= 11 is 0. The van der Waals surface area contributed by atoms with Crippen LogP contribution in [-0.2, 0) is 14.3 Å². The molecule has 2 aromatic rings. The van der Waals surface area contributed by atoms with Crippen LogP contribution in [0.1, 0.15) is 31.7 Å². The van der Waals surface area contributed by atoms with Gasteiger partial charge in [0, 0.05) is 44.5 Å². The largest absolute Gasteiger partial charge is 0.465 e. The summed E-state index contributed by atoms with van der Waals surface area (Å²) in [4.78, 5) is 18.2. The molecule has 0 bridgehead atoms. The lowest BCUT2D eigenvalue weighted by Crippen LogP contribution is -2.57. The molecule has 4 heterocycles. The quantitative estimate of drug-likeness (QED) is 0.425. The van der Waals surface area contributed by atoms with Crippen LogP contribution in [0.5, 0.6) is 0 Å². The number of carbonyl (C=O) groups is 1. The molecule has 1 aromatic heterocycles. The number of benzene rings is 1. The maximum absolute atomic E-state index is 13.8. The number of likely N-dealkylation sites (tertiary alicyclic amines) is 1. The molecule has 12 nitrogen and oxygen atoms in total. The predicted octanol–water partition coefficient (Wildman–Crippen LogP) is 1.96. The number of oxime groups is 1. The van der Waals surface area contributed by atoms with Gasteiger partial charge in [-0.05, 0) is 25.0 Å². The van der Waals surface area contributed by atoms with Gasteiger partial charge in [-0.1, -0.05) is 10.4 Å². The molecule has 40 heavy (non-hydrogen) atoms. The summed E-state index contributed by atoms with van der Waals surface area (Å²) in [6.07, 6.45) is -1.59. The van der Waals surface area contributed by atoms with Crippen molar-refractivity contribution in [3.63, 3.8) is 0 Å². The fourth-order valence-corrected chi connectivity index (χ4v) is 5.69. The Morgan fingerprint density at radius 3 is 2.50 bits per heavy atom. The van der Waals surface area contributed by atoms with Crippen LogP contribution < -0.4 is 0 Å². The Kier molecular flexibility index (Phi) is 8.26. The van der Waals surface area contributed by atoms with Gasteiger partial charge in [0.15, 0.2) is 17.5 Å². The molecule has 6 atom stereocenters. The molecular weight excluding hydrogens is 539 g/mol. The van der Waals surface area contributed by atoms with Crippen molar-refractivity contribution in [1.82, 2.24) is 19.9 Å². The monoisotopic (exact) mass is 569 g/mol. The lowest BCUT2D eigenvalue weighted by molar-refractivity contribution is -0.219. The number of aromatic nitrogens is 3. The van der Waals surface area contributed by atoms with Gasteiger partial charge in [-0.2, -0.15) is 0 Å². The molecule has 3 N–H and O–H groups in total. The Labute approximate surface area is 226 Å². The Balaban J connectivity index is 1.30. The molecule has 3 aliphatic heterocycles. The summed E-state index contributed by atoms with van der Waals surface area (Å²) in [6, 6.07) is 0.682. The van der Waals surface area contributed by atoms with E-state index in [1.165, 1.54) is 22.9 Å². The van der Waals surface area contributed by atoms with E-state index in [9.17, 15) is 33.3 Å².